The van der Waals surface area contributed by atoms with Crippen molar-refractivity contribution in [2.45, 2.75) is 18.8 Å². The fourth-order valence-electron chi connectivity index (χ4n) is 1.76. The van der Waals surface area contributed by atoms with Gasteiger partial charge in [-0.2, -0.15) is 5.06 Å². The van der Waals surface area contributed by atoms with Gasteiger partial charge in [0, 0.05) is 24.4 Å². The molecule has 16 heavy (non-hydrogen) atoms. The van der Waals surface area contributed by atoms with Crippen molar-refractivity contribution in [2.75, 3.05) is 13.1 Å². The van der Waals surface area contributed by atoms with Crippen molar-refractivity contribution in [1.82, 2.24) is 15.5 Å². The minimum Gasteiger partial charge on any atom is -0.314 e. The van der Waals surface area contributed by atoms with E-state index in [1.807, 2.05) is 0 Å². The highest BCUT2D eigenvalue weighted by Crippen LogP contribution is 2.29. The van der Waals surface area contributed by atoms with E-state index in [1.165, 1.54) is 16.4 Å². The first-order valence-corrected chi connectivity index (χ1v) is 5.97. The number of aromatic nitrogens is 1. The van der Waals surface area contributed by atoms with Gasteiger partial charge in [-0.1, -0.05) is 0 Å². The molecule has 0 aliphatic carbocycles. The molecule has 0 unspecified atom stereocenters. The summed E-state index contributed by atoms with van der Waals surface area (Å²) < 4.78 is 0. The molecule has 0 aromatic carbocycles. The van der Waals surface area contributed by atoms with Gasteiger partial charge in [-0.05, 0) is 12.8 Å². The lowest BCUT2D eigenvalue weighted by Crippen LogP contribution is -2.29. The molecular formula is C9H14N4O2S. The van der Waals surface area contributed by atoms with Crippen LogP contribution in [-0.4, -0.2) is 39.4 Å². The SMILES string of the molecule is N=C(NO)c1csc(C2CCN(O)CC2)n1. The van der Waals surface area contributed by atoms with Crippen LogP contribution in [0.25, 0.3) is 0 Å². The second-order valence-electron chi connectivity index (χ2n) is 3.79. The zero-order chi connectivity index (χ0) is 11.5. The quantitative estimate of drug-likeness (QED) is 0.353. The number of hydrogen-bond donors (Lipinski definition) is 4. The lowest BCUT2D eigenvalue weighted by Gasteiger charge is -2.25. The highest BCUT2D eigenvalue weighted by atomic mass is 32.1. The zero-order valence-electron chi connectivity index (χ0n) is 8.68. The van der Waals surface area contributed by atoms with Gasteiger partial charge in [-0.25, -0.2) is 4.98 Å². The predicted molar refractivity (Wildman–Crippen MR) is 59.2 cm³/mol. The Morgan fingerprint density at radius 2 is 2.25 bits per heavy atom. The Kier molecular flexibility index (Phi) is 3.49. The molecule has 7 heteroatoms. The van der Waals surface area contributed by atoms with E-state index in [2.05, 4.69) is 4.98 Å². The predicted octanol–water partition coefficient (Wildman–Crippen LogP) is 1.02. The topological polar surface area (TPSA) is 92.5 Å². The van der Waals surface area contributed by atoms with Gasteiger partial charge in [0.05, 0.1) is 5.01 Å². The standard InChI is InChI=1S/C9H14N4O2S/c10-8(12-14)7-5-16-9(11-7)6-1-3-13(15)4-2-6/h5-6,14-15H,1-4H2,(H2,10,12). The zero-order valence-corrected chi connectivity index (χ0v) is 9.50. The molecule has 0 bridgehead atoms. The van der Waals surface area contributed by atoms with Gasteiger partial charge in [-0.3, -0.25) is 16.1 Å². The maximum atomic E-state index is 9.24. The van der Waals surface area contributed by atoms with E-state index in [4.69, 9.17) is 10.6 Å². The monoisotopic (exact) mass is 242 g/mol. The average Bonchev–Trinajstić information content (AvgIpc) is 2.78. The summed E-state index contributed by atoms with van der Waals surface area (Å²) in [7, 11) is 0. The van der Waals surface area contributed by atoms with E-state index in [9.17, 15) is 5.21 Å². The third kappa shape index (κ3) is 2.38. The highest BCUT2D eigenvalue weighted by Gasteiger charge is 2.22. The second-order valence-corrected chi connectivity index (χ2v) is 4.68. The Morgan fingerprint density at radius 1 is 1.56 bits per heavy atom. The molecule has 0 radical (unpaired) electrons. The fourth-order valence-corrected chi connectivity index (χ4v) is 2.74. The molecule has 0 saturated carbocycles. The van der Waals surface area contributed by atoms with Crippen molar-refractivity contribution in [1.29, 1.82) is 5.41 Å². The van der Waals surface area contributed by atoms with Crippen LogP contribution in [0.15, 0.2) is 5.38 Å². The molecule has 2 rings (SSSR count). The van der Waals surface area contributed by atoms with Crippen LogP contribution in [0.4, 0.5) is 0 Å². The van der Waals surface area contributed by atoms with Crippen molar-refractivity contribution >= 4 is 17.2 Å². The lowest BCUT2D eigenvalue weighted by atomic mass is 9.99. The molecule has 1 aromatic heterocycles. The van der Waals surface area contributed by atoms with E-state index >= 15 is 0 Å². The minimum atomic E-state index is -0.0814. The lowest BCUT2D eigenvalue weighted by molar-refractivity contribution is -0.106. The summed E-state index contributed by atoms with van der Waals surface area (Å²) in [5.74, 6) is 0.274. The summed E-state index contributed by atoms with van der Waals surface area (Å²) in [6, 6.07) is 0. The molecule has 0 spiro atoms. The summed E-state index contributed by atoms with van der Waals surface area (Å²) in [6.45, 7) is 1.32. The normalized spacial score (nSPS) is 18.6. The van der Waals surface area contributed by atoms with Crippen LogP contribution in [0.2, 0.25) is 0 Å². The molecule has 1 fully saturated rings. The minimum absolute atomic E-state index is 0.0814. The highest BCUT2D eigenvalue weighted by molar-refractivity contribution is 7.09. The van der Waals surface area contributed by atoms with Gasteiger partial charge in [0.25, 0.3) is 0 Å². The molecule has 1 saturated heterocycles. The molecule has 1 aromatic rings. The number of nitrogens with one attached hydrogen (secondary N) is 2. The van der Waals surface area contributed by atoms with Crippen molar-refractivity contribution in [3.63, 3.8) is 0 Å². The van der Waals surface area contributed by atoms with Crippen LogP contribution in [0.5, 0.6) is 0 Å². The van der Waals surface area contributed by atoms with E-state index in [-0.39, 0.29) is 5.84 Å². The van der Waals surface area contributed by atoms with Crippen molar-refractivity contribution < 1.29 is 10.4 Å². The van der Waals surface area contributed by atoms with Crippen LogP contribution in [-0.2, 0) is 0 Å². The first-order chi connectivity index (χ1) is 7.70. The molecule has 6 nitrogen and oxygen atoms in total. The summed E-state index contributed by atoms with van der Waals surface area (Å²) in [4.78, 5) is 4.30. The Bertz CT molecular complexity index is 373. The van der Waals surface area contributed by atoms with Crippen LogP contribution in [0.1, 0.15) is 29.5 Å². The number of thiazole rings is 1. The van der Waals surface area contributed by atoms with Crippen molar-refractivity contribution in [3.8, 4) is 0 Å². The van der Waals surface area contributed by atoms with Gasteiger partial charge >= 0.3 is 0 Å². The molecule has 88 valence electrons. The van der Waals surface area contributed by atoms with Gasteiger partial charge in [0.2, 0.25) is 0 Å². The summed E-state index contributed by atoms with van der Waals surface area (Å²) >= 11 is 1.50. The van der Waals surface area contributed by atoms with Crippen molar-refractivity contribution in [2.24, 2.45) is 0 Å². The van der Waals surface area contributed by atoms with Gasteiger partial charge in [0.1, 0.15) is 5.69 Å². The largest absolute Gasteiger partial charge is 0.314 e. The van der Waals surface area contributed by atoms with E-state index in [0.29, 0.717) is 24.7 Å². The Labute approximate surface area is 97.0 Å². The molecule has 1 aliphatic rings. The van der Waals surface area contributed by atoms with Gasteiger partial charge in [0.15, 0.2) is 5.84 Å². The van der Waals surface area contributed by atoms with Crippen LogP contribution in [0.3, 0.4) is 0 Å². The molecule has 1 aliphatic heterocycles. The van der Waals surface area contributed by atoms with E-state index in [0.717, 1.165) is 17.8 Å². The van der Waals surface area contributed by atoms with Gasteiger partial charge < -0.3 is 5.21 Å². The fraction of sp³-hybridized carbons (Fsp3) is 0.556. The summed E-state index contributed by atoms with van der Waals surface area (Å²) in [5.41, 5.74) is 2.25. The van der Waals surface area contributed by atoms with E-state index in [1.54, 1.807) is 10.9 Å². The number of nitrogens with zero attached hydrogens (tertiary/aromatic N) is 2. The van der Waals surface area contributed by atoms with Crippen molar-refractivity contribution in [3.05, 3.63) is 16.1 Å². The smallest absolute Gasteiger partial charge is 0.169 e. The maximum Gasteiger partial charge on any atom is 0.169 e. The first kappa shape index (κ1) is 11.5. The molecule has 4 N–H and O–H groups in total. The third-order valence-corrected chi connectivity index (χ3v) is 3.72. The maximum absolute atomic E-state index is 9.24. The molecular weight excluding hydrogens is 228 g/mol. The van der Waals surface area contributed by atoms with Gasteiger partial charge in [-0.15, -0.1) is 11.3 Å². The van der Waals surface area contributed by atoms with Crippen LogP contribution in [0, 0.1) is 5.41 Å². The summed E-state index contributed by atoms with van der Waals surface area (Å²) in [5, 5.41) is 29.3. The summed E-state index contributed by atoms with van der Waals surface area (Å²) in [6.07, 6.45) is 1.76. The van der Waals surface area contributed by atoms with Crippen LogP contribution < -0.4 is 5.48 Å². The molecule has 2 heterocycles. The van der Waals surface area contributed by atoms with E-state index < -0.39 is 0 Å². The number of amidine groups is 1. The number of hydroxylamine groups is 3. The molecule has 0 amide bonds. The number of rotatable bonds is 2. The molecule has 0 atom stereocenters. The Balaban J connectivity index is 2.04. The number of hydrogen-bond acceptors (Lipinski definition) is 6. The Hall–Kier alpha value is -1.02. The second kappa shape index (κ2) is 4.88. The Morgan fingerprint density at radius 3 is 2.88 bits per heavy atom. The number of piperidine rings is 1. The third-order valence-electron chi connectivity index (χ3n) is 2.71. The first-order valence-electron chi connectivity index (χ1n) is 5.09. The van der Waals surface area contributed by atoms with Crippen LogP contribution >= 0.6 is 11.3 Å². The average molecular weight is 242 g/mol.